The van der Waals surface area contributed by atoms with Crippen molar-refractivity contribution in [3.05, 3.63) is 0 Å². The van der Waals surface area contributed by atoms with E-state index in [1.165, 1.54) is 16.3 Å². The van der Waals surface area contributed by atoms with Crippen molar-refractivity contribution in [3.63, 3.8) is 0 Å². The van der Waals surface area contributed by atoms with Crippen LogP contribution in [0.15, 0.2) is 0 Å². The normalized spacial score (nSPS) is 1.25. The number of rotatable bonds is 0. The van der Waals surface area contributed by atoms with Gasteiger partial charge in [0.05, 0.1) is 0 Å². The molecule has 0 unspecified atom stereocenters. The molecule has 0 aromatic heterocycles. The SMILES string of the molecule is [CH3][AlH2].[Fe].[Mn]. The predicted octanol–water partition coefficient (Wildman–Crippen LogP) is -0.337. The summed E-state index contributed by atoms with van der Waals surface area (Å²) in [6.07, 6.45) is 0. The van der Waals surface area contributed by atoms with Crippen molar-refractivity contribution in [2.75, 3.05) is 0 Å². The Labute approximate surface area is 56.1 Å². The molecule has 0 fully saturated rings. The third-order valence-corrected chi connectivity index (χ3v) is 0. The molecule has 0 saturated heterocycles. The van der Waals surface area contributed by atoms with Gasteiger partial charge in [-0.25, -0.2) is 0 Å². The fourth-order valence-electron chi connectivity index (χ4n) is 0. The van der Waals surface area contributed by atoms with Gasteiger partial charge in [0, 0.05) is 34.1 Å². The molecule has 0 aromatic carbocycles. The van der Waals surface area contributed by atoms with Crippen LogP contribution in [0, 0.1) is 0 Å². The van der Waals surface area contributed by atoms with Crippen LogP contribution in [0.1, 0.15) is 0 Å². The molecule has 0 heterocycles. The van der Waals surface area contributed by atoms with Crippen LogP contribution in [0.25, 0.3) is 0 Å². The van der Waals surface area contributed by atoms with Crippen molar-refractivity contribution in [2.45, 2.75) is 5.79 Å². The summed E-state index contributed by atoms with van der Waals surface area (Å²) in [7, 11) is 0. The van der Waals surface area contributed by atoms with Gasteiger partial charge in [-0.15, -0.1) is 5.79 Å². The van der Waals surface area contributed by atoms with Crippen molar-refractivity contribution in [2.24, 2.45) is 0 Å². The number of hydrogen-bond acceptors (Lipinski definition) is 0. The summed E-state index contributed by atoms with van der Waals surface area (Å²) >= 11 is 1.31. The summed E-state index contributed by atoms with van der Waals surface area (Å²) in [6.45, 7) is 0. The molecule has 4 heavy (non-hydrogen) atoms. The zero-order valence-electron chi connectivity index (χ0n) is 2.73. The molecule has 0 aromatic rings. The van der Waals surface area contributed by atoms with Gasteiger partial charge in [-0.3, -0.25) is 0 Å². The smallest absolute Gasteiger partial charge is 0.112 e. The minimum atomic E-state index is 0. The predicted molar refractivity (Wildman–Crippen MR) is 14.4 cm³/mol. The molecule has 0 aliphatic carbocycles. The summed E-state index contributed by atoms with van der Waals surface area (Å²) < 4.78 is 0. The van der Waals surface area contributed by atoms with Crippen LogP contribution >= 0.6 is 0 Å². The molecular formula is CH5AlFeMn. The Morgan fingerprint density at radius 3 is 1.25 bits per heavy atom. The molecule has 0 aliphatic rings. The Hall–Kier alpha value is 1.57. The fourth-order valence-corrected chi connectivity index (χ4v) is 0. The van der Waals surface area contributed by atoms with Crippen molar-refractivity contribution in [1.29, 1.82) is 0 Å². The Morgan fingerprint density at radius 2 is 1.25 bits per heavy atom. The van der Waals surface area contributed by atoms with Gasteiger partial charge in [-0.1, -0.05) is 0 Å². The molecule has 1 radical (unpaired) electrons. The molecule has 0 nitrogen and oxygen atoms in total. The van der Waals surface area contributed by atoms with E-state index in [9.17, 15) is 0 Å². The first-order chi connectivity index (χ1) is 1.00. The zero-order chi connectivity index (χ0) is 2.00. The maximum atomic E-state index is 2.14. The monoisotopic (exact) mass is 155 g/mol. The van der Waals surface area contributed by atoms with Crippen LogP contribution in [0.5, 0.6) is 0 Å². The second-order valence-electron chi connectivity index (χ2n) is 0. The third kappa shape index (κ3) is 9.56. The van der Waals surface area contributed by atoms with Gasteiger partial charge in [-0.2, -0.15) is 0 Å². The van der Waals surface area contributed by atoms with E-state index >= 15 is 0 Å². The van der Waals surface area contributed by atoms with Gasteiger partial charge in [0.15, 0.2) is 0 Å². The van der Waals surface area contributed by atoms with Crippen molar-refractivity contribution < 1.29 is 34.1 Å². The molecule has 27 valence electrons. The zero-order valence-corrected chi connectivity index (χ0v) is 7.02. The molecule has 3 heteroatoms. The Bertz CT molecular complexity index is 8.00. The van der Waals surface area contributed by atoms with Crippen LogP contribution < -0.4 is 0 Å². The van der Waals surface area contributed by atoms with Crippen molar-refractivity contribution >= 4 is 16.3 Å². The van der Waals surface area contributed by atoms with Gasteiger partial charge in [-0.05, 0) is 0 Å². The van der Waals surface area contributed by atoms with Crippen LogP contribution in [-0.4, -0.2) is 16.3 Å². The van der Waals surface area contributed by atoms with E-state index in [1.54, 1.807) is 0 Å². The van der Waals surface area contributed by atoms with Gasteiger partial charge in [0.1, 0.15) is 0 Å². The minimum absolute atomic E-state index is 0. The molecule has 0 aliphatic heterocycles. The maximum Gasteiger partial charge on any atom is 0.207 e. The molecule has 0 atom stereocenters. The Morgan fingerprint density at radius 1 is 1.25 bits per heavy atom. The van der Waals surface area contributed by atoms with Crippen LogP contribution in [-0.2, 0) is 34.1 Å². The standard InChI is InChI=1S/CH3.Al.Fe.Mn.2H/h1H3;;;;;. The summed E-state index contributed by atoms with van der Waals surface area (Å²) in [5, 5.41) is 0. The summed E-state index contributed by atoms with van der Waals surface area (Å²) in [4.78, 5) is 0. The topological polar surface area (TPSA) is 0 Å². The summed E-state index contributed by atoms with van der Waals surface area (Å²) in [5.41, 5.74) is 0. The van der Waals surface area contributed by atoms with E-state index in [4.69, 9.17) is 0 Å². The van der Waals surface area contributed by atoms with E-state index in [1.807, 2.05) is 0 Å². The van der Waals surface area contributed by atoms with Crippen molar-refractivity contribution in [3.8, 4) is 0 Å². The molecular weight excluding hydrogens is 150 g/mol. The molecule has 0 bridgehead atoms. The average molecular weight is 155 g/mol. The van der Waals surface area contributed by atoms with Gasteiger partial charge < -0.3 is 0 Å². The molecule has 0 rings (SSSR count). The fraction of sp³-hybridized carbons (Fsp3) is 1.00. The van der Waals surface area contributed by atoms with E-state index in [-0.39, 0.29) is 34.1 Å². The first-order valence-corrected chi connectivity index (χ1v) is 3.00. The Kier molecular flexibility index (Phi) is 104. The molecule has 0 amide bonds. The van der Waals surface area contributed by atoms with Crippen LogP contribution in [0.2, 0.25) is 5.79 Å². The second kappa shape index (κ2) is 23.6. The average Bonchev–Trinajstić information content (AvgIpc) is 1.00. The van der Waals surface area contributed by atoms with E-state index in [2.05, 4.69) is 5.79 Å². The van der Waals surface area contributed by atoms with Crippen LogP contribution in [0.3, 0.4) is 0 Å². The Balaban J connectivity index is -0.00000000500. The second-order valence-corrected chi connectivity index (χ2v) is 0. The molecule has 0 N–H and O–H groups in total. The van der Waals surface area contributed by atoms with E-state index in [0.717, 1.165) is 0 Å². The first kappa shape index (κ1) is 17.6. The first-order valence-electron chi connectivity index (χ1n) is 1.00. The van der Waals surface area contributed by atoms with Gasteiger partial charge in [0.2, 0.25) is 16.3 Å². The van der Waals surface area contributed by atoms with Gasteiger partial charge >= 0.3 is 0 Å². The minimum Gasteiger partial charge on any atom is -0.112 e. The van der Waals surface area contributed by atoms with Gasteiger partial charge in [0.25, 0.3) is 0 Å². The largest absolute Gasteiger partial charge is 0.207 e. The third-order valence-electron chi connectivity index (χ3n) is 0. The molecule has 0 spiro atoms. The van der Waals surface area contributed by atoms with Crippen LogP contribution in [0.4, 0.5) is 0 Å². The summed E-state index contributed by atoms with van der Waals surface area (Å²) in [5.74, 6) is 2.14. The van der Waals surface area contributed by atoms with E-state index in [0.29, 0.717) is 0 Å². The summed E-state index contributed by atoms with van der Waals surface area (Å²) in [6, 6.07) is 0. The number of hydrogen-bond donors (Lipinski definition) is 0. The van der Waals surface area contributed by atoms with Crippen molar-refractivity contribution in [1.82, 2.24) is 0 Å². The quantitative estimate of drug-likeness (QED) is 0.419. The maximum absolute atomic E-state index is 2.14. The van der Waals surface area contributed by atoms with E-state index < -0.39 is 0 Å². The molecule has 0 saturated carbocycles.